The molecule has 1 aliphatic heterocycles. The number of fused-ring (bicyclic) bond motifs is 1. The average molecular weight is 401 g/mol. The molecule has 0 bridgehead atoms. The molecule has 6 nitrogen and oxygen atoms in total. The molecule has 0 unspecified atom stereocenters. The topological polar surface area (TPSA) is 55.9 Å². The van der Waals surface area contributed by atoms with Crippen molar-refractivity contribution in [3.8, 4) is 0 Å². The summed E-state index contributed by atoms with van der Waals surface area (Å²) in [6, 6.07) is 8.95. The fraction of sp³-hybridized carbons (Fsp3) is 0.652. The number of carbonyl (C=O) groups excluding carboxylic acids is 2. The van der Waals surface area contributed by atoms with E-state index >= 15 is 0 Å². The smallest absolute Gasteiger partial charge is 0.236 e. The van der Waals surface area contributed by atoms with Crippen molar-refractivity contribution in [2.24, 2.45) is 0 Å². The molecule has 0 radical (unpaired) electrons. The first-order valence-corrected chi connectivity index (χ1v) is 10.8. The fourth-order valence-corrected chi connectivity index (χ4v) is 4.43. The van der Waals surface area contributed by atoms with Crippen LogP contribution in [0.2, 0.25) is 0 Å². The summed E-state index contributed by atoms with van der Waals surface area (Å²) in [6.07, 6.45) is 3.42. The van der Waals surface area contributed by atoms with Gasteiger partial charge in [-0.2, -0.15) is 0 Å². The van der Waals surface area contributed by atoms with Crippen LogP contribution in [0.5, 0.6) is 0 Å². The van der Waals surface area contributed by atoms with Crippen molar-refractivity contribution in [2.45, 2.75) is 51.6 Å². The molecular formula is C23H36N4O2. The van der Waals surface area contributed by atoms with Gasteiger partial charge in [0.2, 0.25) is 11.8 Å². The third-order valence-corrected chi connectivity index (χ3v) is 5.86. The quantitative estimate of drug-likeness (QED) is 0.822. The third kappa shape index (κ3) is 6.03. The van der Waals surface area contributed by atoms with E-state index in [2.05, 4.69) is 46.4 Å². The lowest BCUT2D eigenvalue weighted by Crippen LogP contribution is -2.54. The van der Waals surface area contributed by atoms with Crippen molar-refractivity contribution in [3.05, 3.63) is 35.4 Å². The molecule has 1 aromatic carbocycles. The highest BCUT2D eigenvalue weighted by atomic mass is 16.2. The van der Waals surface area contributed by atoms with Gasteiger partial charge in [0.25, 0.3) is 0 Å². The zero-order chi connectivity index (χ0) is 21.0. The fourth-order valence-electron chi connectivity index (χ4n) is 4.43. The SMILES string of the molecule is CN(CC(=O)N1CCN(CC(=O)NC(C)(C)C)CC1)[C@@H]1CCCc2ccccc21. The molecule has 0 aromatic heterocycles. The number of nitrogens with one attached hydrogen (secondary N) is 1. The molecule has 1 fully saturated rings. The van der Waals surface area contributed by atoms with Crippen LogP contribution in [0.15, 0.2) is 24.3 Å². The van der Waals surface area contributed by atoms with Gasteiger partial charge in [-0.1, -0.05) is 24.3 Å². The molecule has 2 amide bonds. The minimum absolute atomic E-state index is 0.0490. The van der Waals surface area contributed by atoms with Crippen LogP contribution in [0.4, 0.5) is 0 Å². The highest BCUT2D eigenvalue weighted by Gasteiger charge is 2.28. The molecule has 1 aromatic rings. The maximum absolute atomic E-state index is 12.9. The zero-order valence-electron chi connectivity index (χ0n) is 18.4. The highest BCUT2D eigenvalue weighted by Crippen LogP contribution is 2.33. The standard InChI is InChI=1S/C23H36N4O2/c1-23(2,3)24-21(28)16-26-12-14-27(15-13-26)22(29)17-25(4)20-11-7-9-18-8-5-6-10-19(18)20/h5-6,8,10,20H,7,9,11-17H2,1-4H3,(H,24,28)/t20-/m1/s1. The van der Waals surface area contributed by atoms with Crippen LogP contribution >= 0.6 is 0 Å². The predicted molar refractivity (Wildman–Crippen MR) is 116 cm³/mol. The van der Waals surface area contributed by atoms with Gasteiger partial charge in [0.15, 0.2) is 0 Å². The molecule has 1 saturated heterocycles. The summed E-state index contributed by atoms with van der Waals surface area (Å²) >= 11 is 0. The Morgan fingerprint density at radius 2 is 1.83 bits per heavy atom. The van der Waals surface area contributed by atoms with Gasteiger partial charge in [-0.05, 0) is 58.2 Å². The van der Waals surface area contributed by atoms with Crippen molar-refractivity contribution in [1.29, 1.82) is 0 Å². The number of likely N-dealkylation sites (N-methyl/N-ethyl adjacent to an activating group) is 1. The number of piperazine rings is 1. The largest absolute Gasteiger partial charge is 0.350 e. The molecule has 3 rings (SSSR count). The van der Waals surface area contributed by atoms with Gasteiger partial charge in [0.1, 0.15) is 0 Å². The Hall–Kier alpha value is -1.92. The molecule has 6 heteroatoms. The summed E-state index contributed by atoms with van der Waals surface area (Å²) in [6.45, 7) is 9.70. The third-order valence-electron chi connectivity index (χ3n) is 5.86. The molecule has 1 N–H and O–H groups in total. The second-order valence-electron chi connectivity index (χ2n) is 9.48. The van der Waals surface area contributed by atoms with Crippen LogP contribution in [0.1, 0.15) is 50.8 Å². The number of carbonyl (C=O) groups is 2. The monoisotopic (exact) mass is 400 g/mol. The van der Waals surface area contributed by atoms with Gasteiger partial charge >= 0.3 is 0 Å². The van der Waals surface area contributed by atoms with Gasteiger partial charge in [-0.3, -0.25) is 19.4 Å². The molecule has 0 saturated carbocycles. The lowest BCUT2D eigenvalue weighted by molar-refractivity contribution is -0.134. The zero-order valence-corrected chi connectivity index (χ0v) is 18.4. The molecule has 160 valence electrons. The van der Waals surface area contributed by atoms with Crippen molar-refractivity contribution in [2.75, 3.05) is 46.3 Å². The van der Waals surface area contributed by atoms with E-state index in [1.54, 1.807) is 0 Å². The summed E-state index contributed by atoms with van der Waals surface area (Å²) in [5, 5.41) is 3.00. The maximum Gasteiger partial charge on any atom is 0.236 e. The lowest BCUT2D eigenvalue weighted by Gasteiger charge is -2.37. The predicted octanol–water partition coefficient (Wildman–Crippen LogP) is 2.05. The number of benzene rings is 1. The Kier molecular flexibility index (Phi) is 6.96. The Morgan fingerprint density at radius 1 is 1.14 bits per heavy atom. The molecule has 0 spiro atoms. The van der Waals surface area contributed by atoms with Crippen LogP contribution in [0, 0.1) is 0 Å². The Bertz CT molecular complexity index is 720. The Balaban J connectivity index is 1.47. The molecular weight excluding hydrogens is 364 g/mol. The lowest BCUT2D eigenvalue weighted by atomic mass is 9.87. The van der Waals surface area contributed by atoms with Gasteiger partial charge in [-0.25, -0.2) is 0 Å². The van der Waals surface area contributed by atoms with Crippen molar-refractivity contribution < 1.29 is 9.59 Å². The van der Waals surface area contributed by atoms with E-state index in [-0.39, 0.29) is 17.4 Å². The number of aryl methyl sites for hydroxylation is 1. The molecule has 1 aliphatic carbocycles. The van der Waals surface area contributed by atoms with Crippen molar-refractivity contribution in [3.63, 3.8) is 0 Å². The van der Waals surface area contributed by atoms with Crippen LogP contribution in [-0.4, -0.2) is 78.4 Å². The Labute approximate surface area is 175 Å². The number of rotatable bonds is 5. The molecule has 1 heterocycles. The first-order chi connectivity index (χ1) is 13.7. The first-order valence-electron chi connectivity index (χ1n) is 10.8. The summed E-state index contributed by atoms with van der Waals surface area (Å²) in [5.74, 6) is 0.238. The number of hydrogen-bond donors (Lipinski definition) is 1. The van der Waals surface area contributed by atoms with E-state index < -0.39 is 0 Å². The van der Waals surface area contributed by atoms with E-state index in [0.29, 0.717) is 32.2 Å². The summed E-state index contributed by atoms with van der Waals surface area (Å²) in [7, 11) is 2.07. The highest BCUT2D eigenvalue weighted by molar-refractivity contribution is 5.79. The summed E-state index contributed by atoms with van der Waals surface area (Å²) in [5.41, 5.74) is 2.59. The minimum Gasteiger partial charge on any atom is -0.350 e. The van der Waals surface area contributed by atoms with Crippen LogP contribution < -0.4 is 5.32 Å². The van der Waals surface area contributed by atoms with Gasteiger partial charge in [-0.15, -0.1) is 0 Å². The summed E-state index contributed by atoms with van der Waals surface area (Å²) in [4.78, 5) is 31.3. The van der Waals surface area contributed by atoms with E-state index in [9.17, 15) is 9.59 Å². The van der Waals surface area contributed by atoms with E-state index in [1.165, 1.54) is 17.5 Å². The average Bonchev–Trinajstić information content (AvgIpc) is 2.66. The van der Waals surface area contributed by atoms with E-state index in [4.69, 9.17) is 0 Å². The maximum atomic E-state index is 12.9. The number of hydrogen-bond acceptors (Lipinski definition) is 4. The van der Waals surface area contributed by atoms with Gasteiger partial charge in [0, 0.05) is 37.8 Å². The first kappa shape index (κ1) is 21.8. The normalized spacial score (nSPS) is 20.4. The van der Waals surface area contributed by atoms with Crippen molar-refractivity contribution >= 4 is 11.8 Å². The number of nitrogens with zero attached hydrogens (tertiary/aromatic N) is 3. The second kappa shape index (κ2) is 9.26. The van der Waals surface area contributed by atoms with Crippen LogP contribution in [0.25, 0.3) is 0 Å². The van der Waals surface area contributed by atoms with Crippen LogP contribution in [-0.2, 0) is 16.0 Å². The molecule has 1 atom stereocenters. The van der Waals surface area contributed by atoms with Crippen LogP contribution in [0.3, 0.4) is 0 Å². The summed E-state index contributed by atoms with van der Waals surface area (Å²) < 4.78 is 0. The number of amides is 2. The van der Waals surface area contributed by atoms with E-state index in [0.717, 1.165) is 25.9 Å². The van der Waals surface area contributed by atoms with Crippen molar-refractivity contribution in [1.82, 2.24) is 20.0 Å². The molecule has 29 heavy (non-hydrogen) atoms. The van der Waals surface area contributed by atoms with E-state index in [1.807, 2.05) is 25.7 Å². The minimum atomic E-state index is -0.211. The molecule has 2 aliphatic rings. The second-order valence-corrected chi connectivity index (χ2v) is 9.48. The Morgan fingerprint density at radius 3 is 2.52 bits per heavy atom. The van der Waals surface area contributed by atoms with Gasteiger partial charge < -0.3 is 10.2 Å². The van der Waals surface area contributed by atoms with Gasteiger partial charge in [0.05, 0.1) is 13.1 Å².